The summed E-state index contributed by atoms with van der Waals surface area (Å²) in [5.74, 6) is 0.857. The molecule has 0 bridgehead atoms. The summed E-state index contributed by atoms with van der Waals surface area (Å²) in [4.78, 5) is 38.3. The van der Waals surface area contributed by atoms with Crippen molar-refractivity contribution in [3.8, 4) is 0 Å². The number of hydrogen-bond acceptors (Lipinski definition) is 6. The second-order valence-electron chi connectivity index (χ2n) is 23.4. The van der Waals surface area contributed by atoms with Crippen molar-refractivity contribution in [1.82, 2.24) is 0 Å². The van der Waals surface area contributed by atoms with Crippen LogP contribution in [0.15, 0.2) is 0 Å². The second kappa shape index (κ2) is 57.7. The van der Waals surface area contributed by atoms with Crippen molar-refractivity contribution in [1.29, 1.82) is 0 Å². The van der Waals surface area contributed by atoms with E-state index in [1.807, 2.05) is 0 Å². The van der Waals surface area contributed by atoms with Crippen molar-refractivity contribution in [3.05, 3.63) is 0 Å². The number of esters is 3. The highest BCUT2D eigenvalue weighted by molar-refractivity contribution is 5.71. The molecule has 0 spiro atoms. The van der Waals surface area contributed by atoms with Crippen molar-refractivity contribution in [3.63, 3.8) is 0 Å². The SMILES string of the molecule is CCCCCCCCCCCCCCCCCCCCCC(=O)OC[C@@H](COC(=O)CCCCCCCCCCCCCCCC(C)C)OC(=O)CCCCCCCCCCCCCCCCCC(C)C. The number of unbranched alkanes of at least 4 members (excludes halogenated alkanes) is 44. The molecule has 0 unspecified atom stereocenters. The molecule has 0 fully saturated rings. The third kappa shape index (κ3) is 59.2. The summed E-state index contributed by atoms with van der Waals surface area (Å²) >= 11 is 0. The van der Waals surface area contributed by atoms with Crippen LogP contribution >= 0.6 is 0 Å². The van der Waals surface area contributed by atoms with Crippen molar-refractivity contribution in [2.45, 2.75) is 375 Å². The highest BCUT2D eigenvalue weighted by Crippen LogP contribution is 2.19. The molecule has 0 radical (unpaired) electrons. The Morgan fingerprint density at radius 3 is 0.690 bits per heavy atom. The van der Waals surface area contributed by atoms with Crippen LogP contribution in [0.25, 0.3) is 0 Å². The first-order valence-corrected chi connectivity index (χ1v) is 32.2. The van der Waals surface area contributed by atoms with Gasteiger partial charge in [-0.2, -0.15) is 0 Å². The van der Waals surface area contributed by atoms with Crippen LogP contribution in [0.1, 0.15) is 369 Å². The number of ether oxygens (including phenoxy) is 3. The first kappa shape index (κ1) is 69.4. The smallest absolute Gasteiger partial charge is 0.306 e. The largest absolute Gasteiger partial charge is 0.462 e. The average molecular weight is 1000 g/mol. The monoisotopic (exact) mass is 1000 g/mol. The fraction of sp³-hybridized carbons (Fsp3) is 0.954. The Morgan fingerprint density at radius 1 is 0.268 bits per heavy atom. The Kier molecular flexibility index (Phi) is 56.4. The Balaban J connectivity index is 4.28. The third-order valence-electron chi connectivity index (χ3n) is 15.0. The number of rotatable bonds is 59. The molecule has 0 aromatic heterocycles. The molecule has 6 heteroatoms. The van der Waals surface area contributed by atoms with Gasteiger partial charge in [0.25, 0.3) is 0 Å². The molecule has 0 N–H and O–H groups in total. The van der Waals surface area contributed by atoms with E-state index >= 15 is 0 Å². The van der Waals surface area contributed by atoms with E-state index in [1.54, 1.807) is 0 Å². The Hall–Kier alpha value is -1.59. The zero-order valence-electron chi connectivity index (χ0n) is 48.9. The normalized spacial score (nSPS) is 12.0. The molecule has 71 heavy (non-hydrogen) atoms. The van der Waals surface area contributed by atoms with Crippen LogP contribution in [-0.2, 0) is 28.6 Å². The second-order valence-corrected chi connectivity index (χ2v) is 23.4. The first-order valence-electron chi connectivity index (χ1n) is 32.2. The summed E-state index contributed by atoms with van der Waals surface area (Å²) in [5, 5.41) is 0. The fourth-order valence-corrected chi connectivity index (χ4v) is 10.1. The van der Waals surface area contributed by atoms with Crippen LogP contribution in [-0.4, -0.2) is 37.2 Å². The minimum absolute atomic E-state index is 0.0618. The molecule has 0 rings (SSSR count). The van der Waals surface area contributed by atoms with E-state index in [0.29, 0.717) is 19.3 Å². The van der Waals surface area contributed by atoms with Gasteiger partial charge in [0.2, 0.25) is 0 Å². The number of hydrogen-bond donors (Lipinski definition) is 0. The van der Waals surface area contributed by atoms with E-state index in [9.17, 15) is 14.4 Å². The lowest BCUT2D eigenvalue weighted by Gasteiger charge is -2.18. The van der Waals surface area contributed by atoms with E-state index in [4.69, 9.17) is 14.2 Å². The molecule has 0 aromatic carbocycles. The maximum absolute atomic E-state index is 12.9. The standard InChI is InChI=1S/C65H126O6/c1-6-7-8-9-10-11-12-13-14-15-16-17-20-25-30-35-40-45-50-55-63(66)69-58-62(59-70-64(67)56-51-46-41-36-31-27-22-24-29-34-39-44-49-54-61(4)5)71-65(68)57-52-47-42-37-32-26-21-18-19-23-28-33-38-43-48-53-60(2)3/h60-62H,6-59H2,1-5H3/t62-/m0/s1. The van der Waals surface area contributed by atoms with Gasteiger partial charge >= 0.3 is 17.9 Å². The molecule has 0 amide bonds. The maximum atomic E-state index is 12.9. The van der Waals surface area contributed by atoms with Crippen LogP contribution in [0.3, 0.4) is 0 Å². The zero-order chi connectivity index (χ0) is 51.8. The molecule has 0 saturated carbocycles. The molecule has 0 heterocycles. The zero-order valence-corrected chi connectivity index (χ0v) is 48.9. The van der Waals surface area contributed by atoms with Gasteiger partial charge in [0.05, 0.1) is 0 Å². The van der Waals surface area contributed by atoms with Gasteiger partial charge in [0.15, 0.2) is 6.10 Å². The Bertz CT molecular complexity index is 1090. The first-order chi connectivity index (χ1) is 34.7. The molecule has 6 nitrogen and oxygen atoms in total. The summed E-state index contributed by atoms with van der Waals surface area (Å²) in [5.41, 5.74) is 0. The molecule has 0 saturated heterocycles. The highest BCUT2D eigenvalue weighted by Gasteiger charge is 2.19. The summed E-state index contributed by atoms with van der Waals surface area (Å²) in [6.45, 7) is 11.5. The quantitative estimate of drug-likeness (QED) is 0.0343. The van der Waals surface area contributed by atoms with E-state index in [2.05, 4.69) is 34.6 Å². The predicted octanol–water partition coefficient (Wildman–Crippen LogP) is 21.6. The van der Waals surface area contributed by atoms with Gasteiger partial charge in [0, 0.05) is 19.3 Å². The summed E-state index contributed by atoms with van der Waals surface area (Å²) in [6.07, 6.45) is 63.9. The number of carbonyl (C=O) groups excluding carboxylic acids is 3. The van der Waals surface area contributed by atoms with Crippen LogP contribution in [0.4, 0.5) is 0 Å². The Labute approximate surface area is 444 Å². The van der Waals surface area contributed by atoms with Crippen LogP contribution in [0, 0.1) is 11.8 Å². The summed E-state index contributed by atoms with van der Waals surface area (Å²) in [6, 6.07) is 0. The van der Waals surface area contributed by atoms with Crippen molar-refractivity contribution < 1.29 is 28.6 Å². The summed E-state index contributed by atoms with van der Waals surface area (Å²) in [7, 11) is 0. The van der Waals surface area contributed by atoms with Crippen molar-refractivity contribution >= 4 is 17.9 Å². The molecule has 1 atom stereocenters. The van der Waals surface area contributed by atoms with E-state index in [0.717, 1.165) is 69.6 Å². The van der Waals surface area contributed by atoms with E-state index < -0.39 is 6.10 Å². The molecule has 0 aliphatic rings. The van der Waals surface area contributed by atoms with Crippen molar-refractivity contribution in [2.24, 2.45) is 11.8 Å². The maximum Gasteiger partial charge on any atom is 0.306 e. The van der Waals surface area contributed by atoms with E-state index in [-0.39, 0.29) is 31.1 Å². The van der Waals surface area contributed by atoms with Gasteiger partial charge in [-0.15, -0.1) is 0 Å². The molecule has 0 aliphatic carbocycles. The fourth-order valence-electron chi connectivity index (χ4n) is 10.1. The van der Waals surface area contributed by atoms with Crippen LogP contribution < -0.4 is 0 Å². The van der Waals surface area contributed by atoms with Gasteiger partial charge in [-0.1, -0.05) is 330 Å². The van der Waals surface area contributed by atoms with Gasteiger partial charge in [0.1, 0.15) is 13.2 Å². The van der Waals surface area contributed by atoms with Gasteiger partial charge in [-0.3, -0.25) is 14.4 Å². The molecular formula is C65H126O6. The molecule has 0 aromatic rings. The van der Waals surface area contributed by atoms with Crippen molar-refractivity contribution in [2.75, 3.05) is 13.2 Å². The number of carbonyl (C=O) groups is 3. The van der Waals surface area contributed by atoms with Crippen LogP contribution in [0.2, 0.25) is 0 Å². The Morgan fingerprint density at radius 2 is 0.465 bits per heavy atom. The lowest BCUT2D eigenvalue weighted by molar-refractivity contribution is -0.167. The summed E-state index contributed by atoms with van der Waals surface area (Å²) < 4.78 is 17.0. The third-order valence-corrected chi connectivity index (χ3v) is 15.0. The lowest BCUT2D eigenvalue weighted by atomic mass is 10.0. The van der Waals surface area contributed by atoms with Gasteiger partial charge in [-0.25, -0.2) is 0 Å². The molecular weight excluding hydrogens is 877 g/mol. The molecule has 422 valence electrons. The topological polar surface area (TPSA) is 78.9 Å². The van der Waals surface area contributed by atoms with Gasteiger partial charge in [-0.05, 0) is 31.1 Å². The minimum atomic E-state index is -0.764. The van der Waals surface area contributed by atoms with Gasteiger partial charge < -0.3 is 14.2 Å². The van der Waals surface area contributed by atoms with Crippen LogP contribution in [0.5, 0.6) is 0 Å². The highest BCUT2D eigenvalue weighted by atomic mass is 16.6. The lowest BCUT2D eigenvalue weighted by Crippen LogP contribution is -2.30. The average Bonchev–Trinajstić information content (AvgIpc) is 3.35. The predicted molar refractivity (Wildman–Crippen MR) is 307 cm³/mol. The molecule has 0 aliphatic heterocycles. The minimum Gasteiger partial charge on any atom is -0.462 e. The van der Waals surface area contributed by atoms with E-state index in [1.165, 1.54) is 257 Å².